The van der Waals surface area contributed by atoms with Crippen molar-refractivity contribution < 1.29 is 4.79 Å². The fourth-order valence-electron chi connectivity index (χ4n) is 3.43. The van der Waals surface area contributed by atoms with Gasteiger partial charge < -0.3 is 10.6 Å². The molecule has 1 aliphatic carbocycles. The molecule has 1 heterocycles. The van der Waals surface area contributed by atoms with Crippen LogP contribution in [-0.2, 0) is 0 Å². The monoisotopic (exact) mass is 280 g/mol. The van der Waals surface area contributed by atoms with E-state index >= 15 is 0 Å². The Kier molecular flexibility index (Phi) is 4.16. The molecular formula is C15H21ClN2O. The Labute approximate surface area is 120 Å². The first-order valence-electron chi connectivity index (χ1n) is 6.76. The molecule has 19 heavy (non-hydrogen) atoms. The number of halogens is 1. The molecule has 2 fully saturated rings. The fourth-order valence-corrected chi connectivity index (χ4v) is 3.43. The highest BCUT2D eigenvalue weighted by atomic mass is 35.5. The Bertz CT molecular complexity index is 477. The van der Waals surface area contributed by atoms with Crippen molar-refractivity contribution >= 4 is 18.3 Å². The van der Waals surface area contributed by atoms with Crippen molar-refractivity contribution in [3.8, 4) is 0 Å². The van der Waals surface area contributed by atoms with Crippen molar-refractivity contribution in [2.24, 2.45) is 17.6 Å². The van der Waals surface area contributed by atoms with E-state index in [1.165, 1.54) is 6.42 Å². The summed E-state index contributed by atoms with van der Waals surface area (Å²) in [4.78, 5) is 14.4. The molecule has 3 nitrogen and oxygen atoms in total. The highest BCUT2D eigenvalue weighted by Gasteiger charge is 2.42. The van der Waals surface area contributed by atoms with E-state index < -0.39 is 0 Å². The van der Waals surface area contributed by atoms with Gasteiger partial charge in [0.2, 0.25) is 0 Å². The highest BCUT2D eigenvalue weighted by molar-refractivity contribution is 5.94. The lowest BCUT2D eigenvalue weighted by Gasteiger charge is -2.19. The number of likely N-dealkylation sites (tertiary alicyclic amines) is 1. The lowest BCUT2D eigenvalue weighted by Crippen LogP contribution is -2.33. The van der Waals surface area contributed by atoms with Gasteiger partial charge in [0.1, 0.15) is 0 Å². The van der Waals surface area contributed by atoms with Gasteiger partial charge in [-0.2, -0.15) is 0 Å². The van der Waals surface area contributed by atoms with Crippen LogP contribution in [0.4, 0.5) is 0 Å². The number of carbonyl (C=O) groups is 1. The predicted octanol–water partition coefficient (Wildman–Crippen LogP) is 2.23. The number of rotatable bonds is 1. The van der Waals surface area contributed by atoms with E-state index in [0.29, 0.717) is 17.9 Å². The van der Waals surface area contributed by atoms with Gasteiger partial charge >= 0.3 is 0 Å². The molecule has 3 rings (SSSR count). The number of carbonyl (C=O) groups excluding carboxylic acids is 1. The van der Waals surface area contributed by atoms with Gasteiger partial charge in [0.25, 0.3) is 5.91 Å². The fraction of sp³-hybridized carbons (Fsp3) is 0.533. The number of nitrogens with zero attached hydrogens (tertiary/aromatic N) is 1. The molecule has 3 atom stereocenters. The molecule has 3 unspecified atom stereocenters. The Hall–Kier alpha value is -1.06. The summed E-state index contributed by atoms with van der Waals surface area (Å²) in [5.74, 6) is 1.33. The maximum absolute atomic E-state index is 12.4. The van der Waals surface area contributed by atoms with Crippen molar-refractivity contribution in [3.63, 3.8) is 0 Å². The second kappa shape index (κ2) is 5.51. The number of hydrogen-bond donors (Lipinski definition) is 1. The third-order valence-corrected chi connectivity index (χ3v) is 4.46. The molecule has 1 saturated carbocycles. The third kappa shape index (κ3) is 2.63. The summed E-state index contributed by atoms with van der Waals surface area (Å²) in [6.07, 6.45) is 2.31. The van der Waals surface area contributed by atoms with E-state index in [1.54, 1.807) is 0 Å². The Morgan fingerprint density at radius 1 is 1.32 bits per heavy atom. The summed E-state index contributed by atoms with van der Waals surface area (Å²) in [6, 6.07) is 8.14. The lowest BCUT2D eigenvalue weighted by molar-refractivity contribution is 0.0779. The van der Waals surface area contributed by atoms with Crippen LogP contribution >= 0.6 is 12.4 Å². The van der Waals surface area contributed by atoms with Gasteiger partial charge in [0.15, 0.2) is 0 Å². The van der Waals surface area contributed by atoms with E-state index in [-0.39, 0.29) is 18.3 Å². The van der Waals surface area contributed by atoms with Crippen LogP contribution in [0.25, 0.3) is 0 Å². The summed E-state index contributed by atoms with van der Waals surface area (Å²) in [5.41, 5.74) is 8.05. The zero-order chi connectivity index (χ0) is 12.7. The number of benzene rings is 1. The van der Waals surface area contributed by atoms with Crippen LogP contribution in [0.5, 0.6) is 0 Å². The van der Waals surface area contributed by atoms with E-state index in [1.807, 2.05) is 36.1 Å². The lowest BCUT2D eigenvalue weighted by atomic mass is 9.98. The van der Waals surface area contributed by atoms with Gasteiger partial charge in [-0.15, -0.1) is 12.4 Å². The minimum Gasteiger partial charge on any atom is -0.338 e. The van der Waals surface area contributed by atoms with E-state index in [2.05, 4.69) is 0 Å². The molecule has 2 aliphatic rings. The Morgan fingerprint density at radius 3 is 2.79 bits per heavy atom. The van der Waals surface area contributed by atoms with Crippen LogP contribution in [0.15, 0.2) is 24.3 Å². The molecule has 0 radical (unpaired) electrons. The number of amides is 1. The zero-order valence-electron chi connectivity index (χ0n) is 11.2. The number of nitrogens with two attached hydrogens (primary N) is 1. The zero-order valence-corrected chi connectivity index (χ0v) is 12.0. The van der Waals surface area contributed by atoms with E-state index in [0.717, 1.165) is 30.6 Å². The first-order valence-corrected chi connectivity index (χ1v) is 6.76. The molecule has 2 N–H and O–H groups in total. The minimum atomic E-state index is 0. The smallest absolute Gasteiger partial charge is 0.253 e. The molecule has 104 valence electrons. The van der Waals surface area contributed by atoms with Crippen LogP contribution in [0, 0.1) is 18.8 Å². The van der Waals surface area contributed by atoms with Gasteiger partial charge in [0, 0.05) is 24.7 Å². The van der Waals surface area contributed by atoms with Crippen LogP contribution in [0.2, 0.25) is 0 Å². The molecule has 1 saturated heterocycles. The average Bonchev–Trinajstić information content (AvgIpc) is 2.91. The molecule has 0 spiro atoms. The molecular weight excluding hydrogens is 260 g/mol. The molecule has 4 heteroatoms. The van der Waals surface area contributed by atoms with Gasteiger partial charge in [-0.1, -0.05) is 17.7 Å². The second-order valence-electron chi connectivity index (χ2n) is 5.74. The summed E-state index contributed by atoms with van der Waals surface area (Å²) < 4.78 is 0. The first kappa shape index (κ1) is 14.4. The highest BCUT2D eigenvalue weighted by Crippen LogP contribution is 2.37. The predicted molar refractivity (Wildman–Crippen MR) is 78.5 cm³/mol. The Balaban J connectivity index is 0.00000133. The van der Waals surface area contributed by atoms with Crippen molar-refractivity contribution in [2.75, 3.05) is 13.1 Å². The largest absolute Gasteiger partial charge is 0.338 e. The van der Waals surface area contributed by atoms with Gasteiger partial charge in [-0.25, -0.2) is 0 Å². The molecule has 1 amide bonds. The topological polar surface area (TPSA) is 46.3 Å². The molecule has 0 bridgehead atoms. The molecule has 1 aliphatic heterocycles. The van der Waals surface area contributed by atoms with E-state index in [9.17, 15) is 4.79 Å². The van der Waals surface area contributed by atoms with Crippen LogP contribution in [-0.4, -0.2) is 29.9 Å². The standard InChI is InChI=1S/C15H20N2O.ClH/c1-10-3-2-4-11(7-10)15(18)17-8-12-5-6-14(16)13(12)9-17;/h2-4,7,12-14H,5-6,8-9,16H2,1H3;1H. The first-order chi connectivity index (χ1) is 8.65. The second-order valence-corrected chi connectivity index (χ2v) is 5.74. The SMILES string of the molecule is Cc1cccc(C(=O)N2CC3CCC(N)C3C2)c1.Cl. The van der Waals surface area contributed by atoms with Crippen molar-refractivity contribution in [3.05, 3.63) is 35.4 Å². The normalized spacial score (nSPS) is 28.9. The number of fused-ring (bicyclic) bond motifs is 1. The summed E-state index contributed by atoms with van der Waals surface area (Å²) in [7, 11) is 0. The van der Waals surface area contributed by atoms with Crippen molar-refractivity contribution in [2.45, 2.75) is 25.8 Å². The van der Waals surface area contributed by atoms with Crippen LogP contribution in [0.3, 0.4) is 0 Å². The van der Waals surface area contributed by atoms with Crippen LogP contribution < -0.4 is 5.73 Å². The van der Waals surface area contributed by atoms with Gasteiger partial charge in [0.05, 0.1) is 0 Å². The van der Waals surface area contributed by atoms with Crippen LogP contribution in [0.1, 0.15) is 28.8 Å². The number of aryl methyl sites for hydroxylation is 1. The maximum atomic E-state index is 12.4. The third-order valence-electron chi connectivity index (χ3n) is 4.46. The molecule has 0 aromatic heterocycles. The van der Waals surface area contributed by atoms with Crippen molar-refractivity contribution in [1.29, 1.82) is 0 Å². The maximum Gasteiger partial charge on any atom is 0.253 e. The average molecular weight is 281 g/mol. The van der Waals surface area contributed by atoms with E-state index in [4.69, 9.17) is 5.73 Å². The summed E-state index contributed by atoms with van der Waals surface area (Å²) in [5, 5.41) is 0. The molecule has 1 aromatic carbocycles. The van der Waals surface area contributed by atoms with Crippen molar-refractivity contribution in [1.82, 2.24) is 4.90 Å². The quantitative estimate of drug-likeness (QED) is 0.857. The van der Waals surface area contributed by atoms with Gasteiger partial charge in [-0.05, 0) is 43.7 Å². The number of hydrogen-bond acceptors (Lipinski definition) is 2. The Morgan fingerprint density at radius 2 is 2.11 bits per heavy atom. The summed E-state index contributed by atoms with van der Waals surface area (Å²) >= 11 is 0. The minimum absolute atomic E-state index is 0. The van der Waals surface area contributed by atoms with Gasteiger partial charge in [-0.3, -0.25) is 4.79 Å². The molecule has 1 aromatic rings. The summed E-state index contributed by atoms with van der Waals surface area (Å²) in [6.45, 7) is 3.76.